The van der Waals surface area contributed by atoms with Gasteiger partial charge >= 0.3 is 0 Å². The lowest BCUT2D eigenvalue weighted by molar-refractivity contribution is -0.0580. The number of halogens is 1. The predicted molar refractivity (Wildman–Crippen MR) is 129 cm³/mol. The molecule has 3 nitrogen and oxygen atoms in total. The molecule has 2 aromatic rings. The van der Waals surface area contributed by atoms with Gasteiger partial charge in [-0.3, -0.25) is 4.98 Å². The van der Waals surface area contributed by atoms with Gasteiger partial charge in [0.25, 0.3) is 0 Å². The molecule has 0 saturated heterocycles. The Morgan fingerprint density at radius 3 is 2.33 bits per heavy atom. The molecular weight excluding hydrogens is 413 g/mol. The lowest BCUT2D eigenvalue weighted by Gasteiger charge is -2.38. The Bertz CT molecular complexity index is 1030. The highest BCUT2D eigenvalue weighted by Gasteiger charge is 2.53. The van der Waals surface area contributed by atoms with Gasteiger partial charge in [0.05, 0.1) is 17.4 Å². The molecule has 1 spiro atoms. The summed E-state index contributed by atoms with van der Waals surface area (Å²) in [4.78, 5) is 5.35. The lowest BCUT2D eigenvalue weighted by Crippen LogP contribution is -2.32. The first-order chi connectivity index (χ1) is 15.4. The molecule has 1 aromatic heterocycles. The molecule has 2 heterocycles. The van der Waals surface area contributed by atoms with Gasteiger partial charge < -0.3 is 9.84 Å². The number of aliphatic hydroxyl groups is 1. The first-order valence-corrected chi connectivity index (χ1v) is 12.6. The summed E-state index contributed by atoms with van der Waals surface area (Å²) in [5.74, 6) is 0.235. The molecule has 4 heteroatoms. The summed E-state index contributed by atoms with van der Waals surface area (Å²) in [5.41, 5.74) is 6.55. The lowest BCUT2D eigenvalue weighted by atomic mass is 9.70. The van der Waals surface area contributed by atoms with Crippen molar-refractivity contribution < 1.29 is 14.2 Å². The number of aromatic nitrogens is 1. The molecular formula is C29H38FNO2. The van der Waals surface area contributed by atoms with Gasteiger partial charge in [0.1, 0.15) is 11.9 Å². The van der Waals surface area contributed by atoms with Crippen LogP contribution in [0.25, 0.3) is 0 Å². The molecule has 4 aliphatic rings. The highest BCUT2D eigenvalue weighted by atomic mass is 19.1. The highest BCUT2D eigenvalue weighted by Crippen LogP contribution is 2.60. The first-order valence-electron chi connectivity index (χ1n) is 12.6. The van der Waals surface area contributed by atoms with E-state index in [0.717, 1.165) is 55.3 Å². The zero-order valence-electron chi connectivity index (χ0n) is 19.3. The number of hydrogen-bond donors (Lipinski definition) is 1. The Balaban J connectivity index is 0.00000228. The molecule has 1 aromatic carbocycles. The summed E-state index contributed by atoms with van der Waals surface area (Å²) < 4.78 is 20.8. The fourth-order valence-corrected chi connectivity index (χ4v) is 7.12. The normalized spacial score (nSPS) is 27.4. The van der Waals surface area contributed by atoms with Crippen LogP contribution in [0.1, 0.15) is 131 Å². The molecule has 178 valence electrons. The number of fused-ring (bicyclic) bond motifs is 4. The molecule has 2 saturated carbocycles. The SMILES string of the molecule is C.CC1(C)Cc2nc(C3CCCC3)c3c(c2[C@@H](O)C1)C1(CCCC1)O[C@@H]3c1ccc(F)cc1. The van der Waals surface area contributed by atoms with Gasteiger partial charge in [-0.15, -0.1) is 0 Å². The largest absolute Gasteiger partial charge is 0.388 e. The fraction of sp³-hybridized carbons (Fsp3) is 0.621. The number of rotatable bonds is 2. The third-order valence-corrected chi connectivity index (χ3v) is 8.49. The summed E-state index contributed by atoms with van der Waals surface area (Å²) >= 11 is 0. The van der Waals surface area contributed by atoms with Crippen LogP contribution in [-0.2, 0) is 16.8 Å². The van der Waals surface area contributed by atoms with E-state index >= 15 is 0 Å². The summed E-state index contributed by atoms with van der Waals surface area (Å²) in [5, 5.41) is 11.4. The molecule has 3 aliphatic carbocycles. The smallest absolute Gasteiger partial charge is 0.123 e. The van der Waals surface area contributed by atoms with Crippen LogP contribution in [-0.4, -0.2) is 10.1 Å². The average molecular weight is 452 g/mol. The zero-order valence-corrected chi connectivity index (χ0v) is 19.3. The van der Waals surface area contributed by atoms with Crippen molar-refractivity contribution in [3.8, 4) is 0 Å². The van der Waals surface area contributed by atoms with Gasteiger partial charge in [-0.25, -0.2) is 4.39 Å². The third kappa shape index (κ3) is 3.65. The van der Waals surface area contributed by atoms with Crippen LogP contribution in [0.2, 0.25) is 0 Å². The maximum atomic E-state index is 13.8. The van der Waals surface area contributed by atoms with E-state index in [4.69, 9.17) is 9.72 Å². The summed E-state index contributed by atoms with van der Waals surface area (Å²) in [7, 11) is 0. The van der Waals surface area contributed by atoms with Gasteiger partial charge in [0, 0.05) is 22.7 Å². The van der Waals surface area contributed by atoms with Crippen molar-refractivity contribution in [1.82, 2.24) is 4.98 Å². The number of hydrogen-bond acceptors (Lipinski definition) is 3. The van der Waals surface area contributed by atoms with E-state index < -0.39 is 6.10 Å². The zero-order chi connectivity index (χ0) is 22.1. The molecule has 33 heavy (non-hydrogen) atoms. The first kappa shape index (κ1) is 23.0. The van der Waals surface area contributed by atoms with E-state index in [1.54, 1.807) is 0 Å². The second-order valence-electron chi connectivity index (χ2n) is 11.4. The van der Waals surface area contributed by atoms with Crippen molar-refractivity contribution in [1.29, 1.82) is 0 Å². The molecule has 1 aliphatic heterocycles. The van der Waals surface area contributed by atoms with Gasteiger partial charge in [0.15, 0.2) is 0 Å². The number of pyridine rings is 1. The predicted octanol–water partition coefficient (Wildman–Crippen LogP) is 7.41. The van der Waals surface area contributed by atoms with E-state index in [2.05, 4.69) is 13.8 Å². The standard InChI is InChI=1S/C28H34FNO2.CH4/c1-27(2)15-20-22(21(31)16-27)24-23(25(30-20)17-7-3-4-8-17)26(18-9-11-19(29)12-10-18)32-28(24)13-5-6-14-28;/h9-12,17,21,26,31H,3-8,13-16H2,1-2H3;1H4/t21-,26+;/m0./s1. The third-order valence-electron chi connectivity index (χ3n) is 8.49. The second kappa shape index (κ2) is 8.16. The van der Waals surface area contributed by atoms with Crippen LogP contribution in [0.3, 0.4) is 0 Å². The molecule has 0 radical (unpaired) electrons. The van der Waals surface area contributed by atoms with E-state index in [1.165, 1.54) is 54.6 Å². The average Bonchev–Trinajstić information content (AvgIpc) is 3.49. The summed E-state index contributed by atoms with van der Waals surface area (Å²) in [6.45, 7) is 4.49. The Morgan fingerprint density at radius 2 is 1.67 bits per heavy atom. The van der Waals surface area contributed by atoms with Crippen LogP contribution in [0.15, 0.2) is 24.3 Å². The minimum atomic E-state index is -0.499. The van der Waals surface area contributed by atoms with Gasteiger partial charge in [-0.2, -0.15) is 0 Å². The van der Waals surface area contributed by atoms with Crippen LogP contribution in [0, 0.1) is 11.2 Å². The van der Waals surface area contributed by atoms with E-state index in [9.17, 15) is 9.50 Å². The van der Waals surface area contributed by atoms with E-state index in [0.29, 0.717) is 5.92 Å². The Kier molecular flexibility index (Phi) is 5.69. The fourth-order valence-electron chi connectivity index (χ4n) is 7.12. The molecule has 6 rings (SSSR count). The van der Waals surface area contributed by atoms with Gasteiger partial charge in [-0.05, 0) is 67.2 Å². The van der Waals surface area contributed by atoms with E-state index in [1.807, 2.05) is 12.1 Å². The van der Waals surface area contributed by atoms with Crippen molar-refractivity contribution in [3.05, 3.63) is 63.7 Å². The van der Waals surface area contributed by atoms with Gasteiger partial charge in [0.2, 0.25) is 0 Å². The number of ether oxygens (including phenoxy) is 1. The van der Waals surface area contributed by atoms with Crippen LogP contribution >= 0.6 is 0 Å². The maximum absolute atomic E-state index is 13.8. The quantitative estimate of drug-likeness (QED) is 0.517. The number of nitrogens with zero attached hydrogens (tertiary/aromatic N) is 1. The monoisotopic (exact) mass is 451 g/mol. The Morgan fingerprint density at radius 1 is 1.00 bits per heavy atom. The van der Waals surface area contributed by atoms with Crippen LogP contribution < -0.4 is 0 Å². The molecule has 1 N–H and O–H groups in total. The maximum Gasteiger partial charge on any atom is 0.123 e. The topological polar surface area (TPSA) is 42.4 Å². The highest BCUT2D eigenvalue weighted by molar-refractivity contribution is 5.54. The molecule has 2 atom stereocenters. The number of benzene rings is 1. The molecule has 0 unspecified atom stereocenters. The molecule has 0 bridgehead atoms. The van der Waals surface area contributed by atoms with Crippen molar-refractivity contribution in [2.24, 2.45) is 5.41 Å². The second-order valence-corrected chi connectivity index (χ2v) is 11.4. The Hall–Kier alpha value is -1.78. The van der Waals surface area contributed by atoms with E-state index in [-0.39, 0.29) is 30.4 Å². The Labute approximate surface area is 197 Å². The molecule has 2 fully saturated rings. The molecule has 0 amide bonds. The van der Waals surface area contributed by atoms with Gasteiger partial charge in [-0.1, -0.05) is 59.1 Å². The van der Waals surface area contributed by atoms with Crippen molar-refractivity contribution in [3.63, 3.8) is 0 Å². The minimum Gasteiger partial charge on any atom is -0.388 e. The van der Waals surface area contributed by atoms with Crippen molar-refractivity contribution >= 4 is 0 Å². The minimum absolute atomic E-state index is 0. The summed E-state index contributed by atoms with van der Waals surface area (Å²) in [6, 6.07) is 6.82. The van der Waals surface area contributed by atoms with Crippen LogP contribution in [0.5, 0.6) is 0 Å². The van der Waals surface area contributed by atoms with Crippen molar-refractivity contribution in [2.75, 3.05) is 0 Å². The van der Waals surface area contributed by atoms with Crippen LogP contribution in [0.4, 0.5) is 4.39 Å². The summed E-state index contributed by atoms with van der Waals surface area (Å²) in [6.07, 6.45) is 10.1. The number of aliphatic hydroxyl groups excluding tert-OH is 1. The van der Waals surface area contributed by atoms with Crippen molar-refractivity contribution in [2.45, 2.75) is 109 Å².